The highest BCUT2D eigenvalue weighted by atomic mass is 16.6. The number of methoxy groups -OCH3 is 1. The van der Waals surface area contributed by atoms with Crippen LogP contribution in [-0.2, 0) is 21.0 Å². The first kappa shape index (κ1) is 35.5. The molecule has 0 aliphatic rings. The van der Waals surface area contributed by atoms with Crippen LogP contribution in [0.2, 0.25) is 0 Å². The average molecular weight is 704 g/mol. The van der Waals surface area contributed by atoms with E-state index in [1.165, 1.54) is 9.20 Å². The number of carbonyl (C=O) groups is 2. The summed E-state index contributed by atoms with van der Waals surface area (Å²) < 4.78 is 19.1. The van der Waals surface area contributed by atoms with Gasteiger partial charge in [-0.1, -0.05) is 86.6 Å². The van der Waals surface area contributed by atoms with Crippen LogP contribution in [0.1, 0.15) is 34.6 Å². The van der Waals surface area contributed by atoms with Gasteiger partial charge in [0.05, 0.1) is 23.9 Å². The third kappa shape index (κ3) is 7.83. The van der Waals surface area contributed by atoms with Gasteiger partial charge in [0.15, 0.2) is 18.2 Å². The van der Waals surface area contributed by atoms with Crippen molar-refractivity contribution in [2.24, 2.45) is 5.92 Å². The fourth-order valence-corrected chi connectivity index (χ4v) is 5.65. The van der Waals surface area contributed by atoms with Gasteiger partial charge >= 0.3 is 12.1 Å². The zero-order chi connectivity index (χ0) is 37.0. The van der Waals surface area contributed by atoms with Crippen LogP contribution in [0.4, 0.5) is 16.4 Å². The van der Waals surface area contributed by atoms with Crippen molar-refractivity contribution in [3.8, 4) is 39.3 Å². The summed E-state index contributed by atoms with van der Waals surface area (Å²) in [6, 6.07) is 27.4. The van der Waals surface area contributed by atoms with E-state index in [9.17, 15) is 14.4 Å². The van der Waals surface area contributed by atoms with Crippen molar-refractivity contribution in [1.29, 1.82) is 0 Å². The number of esters is 1. The molecule has 6 rings (SSSR count). The molecule has 0 aliphatic heterocycles. The van der Waals surface area contributed by atoms with Crippen molar-refractivity contribution in [2.45, 2.75) is 53.0 Å². The predicted octanol–water partition coefficient (Wildman–Crippen LogP) is 7.02. The number of aromatic amines is 1. The van der Waals surface area contributed by atoms with Crippen molar-refractivity contribution < 1.29 is 23.8 Å². The molecule has 52 heavy (non-hydrogen) atoms. The number of benzene rings is 3. The SMILES string of the molecule is COc1ccc(-c2c(Nc3ccn(COC(=O)C(NC(=O)OC(C)(C)C)C(C)C)n3)nc3c(-c4ccccc4)c(-c4ccccc4)[nH]n3c2=O)cc1. The Morgan fingerprint density at radius 2 is 1.50 bits per heavy atom. The van der Waals surface area contributed by atoms with Gasteiger partial charge in [-0.2, -0.15) is 9.61 Å². The number of ether oxygens (including phenoxy) is 3. The van der Waals surface area contributed by atoms with E-state index < -0.39 is 23.7 Å². The Morgan fingerprint density at radius 1 is 0.865 bits per heavy atom. The molecule has 3 aromatic heterocycles. The molecule has 13 heteroatoms. The fourth-order valence-electron chi connectivity index (χ4n) is 5.65. The van der Waals surface area contributed by atoms with Gasteiger partial charge in [-0.15, -0.1) is 0 Å². The van der Waals surface area contributed by atoms with Crippen LogP contribution in [0.25, 0.3) is 39.2 Å². The van der Waals surface area contributed by atoms with Crippen LogP contribution in [0.5, 0.6) is 5.75 Å². The zero-order valence-electron chi connectivity index (χ0n) is 29.8. The molecule has 0 saturated heterocycles. The molecule has 1 unspecified atom stereocenters. The van der Waals surface area contributed by atoms with Gasteiger partial charge in [0.2, 0.25) is 0 Å². The molecule has 3 aromatic carbocycles. The van der Waals surface area contributed by atoms with E-state index in [2.05, 4.69) is 20.8 Å². The number of amides is 1. The number of H-pyrrole nitrogens is 1. The Hall–Kier alpha value is -6.37. The van der Waals surface area contributed by atoms with Gasteiger partial charge in [-0.05, 0) is 49.9 Å². The zero-order valence-corrected chi connectivity index (χ0v) is 29.8. The first-order valence-electron chi connectivity index (χ1n) is 16.8. The maximum Gasteiger partial charge on any atom is 0.408 e. The third-order valence-electron chi connectivity index (χ3n) is 8.10. The molecule has 0 radical (unpaired) electrons. The number of nitrogens with zero attached hydrogens (tertiary/aromatic N) is 4. The van der Waals surface area contributed by atoms with E-state index in [0.717, 1.165) is 22.4 Å². The van der Waals surface area contributed by atoms with Crippen molar-refractivity contribution in [3.63, 3.8) is 0 Å². The number of carbonyl (C=O) groups excluding carboxylic acids is 2. The average Bonchev–Trinajstić information content (AvgIpc) is 3.74. The van der Waals surface area contributed by atoms with Crippen LogP contribution in [0.3, 0.4) is 0 Å². The molecule has 1 atom stereocenters. The molecule has 6 aromatic rings. The van der Waals surface area contributed by atoms with Gasteiger partial charge in [-0.25, -0.2) is 19.3 Å². The van der Waals surface area contributed by atoms with Gasteiger partial charge in [0, 0.05) is 17.8 Å². The quantitative estimate of drug-likeness (QED) is 0.121. The molecule has 3 heterocycles. The molecule has 0 aliphatic carbocycles. The summed E-state index contributed by atoms with van der Waals surface area (Å²) in [6.45, 7) is 8.59. The highest BCUT2D eigenvalue weighted by molar-refractivity contribution is 5.92. The lowest BCUT2D eigenvalue weighted by molar-refractivity contribution is -0.151. The van der Waals surface area contributed by atoms with Crippen molar-refractivity contribution in [1.82, 2.24) is 29.7 Å². The number of fused-ring (bicyclic) bond motifs is 1. The highest BCUT2D eigenvalue weighted by Gasteiger charge is 2.29. The van der Waals surface area contributed by atoms with Gasteiger partial charge < -0.3 is 24.8 Å². The molecule has 0 saturated carbocycles. The van der Waals surface area contributed by atoms with E-state index in [0.29, 0.717) is 28.3 Å². The Bertz CT molecular complexity index is 2240. The summed E-state index contributed by atoms with van der Waals surface area (Å²) in [5.41, 5.74) is 3.53. The van der Waals surface area contributed by atoms with Crippen LogP contribution < -0.4 is 20.9 Å². The van der Waals surface area contributed by atoms with Gasteiger partial charge in [-0.3, -0.25) is 9.89 Å². The number of nitrogens with one attached hydrogen (secondary N) is 3. The third-order valence-corrected chi connectivity index (χ3v) is 8.10. The first-order chi connectivity index (χ1) is 24.9. The number of hydrogen-bond acceptors (Lipinski definition) is 9. The predicted molar refractivity (Wildman–Crippen MR) is 198 cm³/mol. The van der Waals surface area contributed by atoms with Gasteiger partial charge in [0.1, 0.15) is 23.2 Å². The number of aromatic nitrogens is 5. The molecular formula is C39H41N7O6. The maximum absolute atomic E-state index is 14.5. The summed E-state index contributed by atoms with van der Waals surface area (Å²) in [5, 5.41) is 13.7. The molecule has 0 spiro atoms. The topological polar surface area (TPSA) is 154 Å². The van der Waals surface area contributed by atoms with Crippen molar-refractivity contribution in [3.05, 3.63) is 108 Å². The highest BCUT2D eigenvalue weighted by Crippen LogP contribution is 2.36. The second-order valence-electron chi connectivity index (χ2n) is 13.4. The van der Waals surface area contributed by atoms with E-state index in [1.54, 1.807) is 78.3 Å². The largest absolute Gasteiger partial charge is 0.497 e. The minimum atomic E-state index is -0.931. The van der Waals surface area contributed by atoms with Crippen molar-refractivity contribution in [2.75, 3.05) is 12.4 Å². The minimum absolute atomic E-state index is 0.226. The normalized spacial score (nSPS) is 12.1. The van der Waals surface area contributed by atoms with Crippen LogP contribution >= 0.6 is 0 Å². The van der Waals surface area contributed by atoms with Crippen LogP contribution in [0, 0.1) is 5.92 Å². The summed E-state index contributed by atoms with van der Waals surface area (Å²) in [6.07, 6.45) is 0.911. The summed E-state index contributed by atoms with van der Waals surface area (Å²) in [4.78, 5) is 44.9. The van der Waals surface area contributed by atoms with Crippen LogP contribution in [0.15, 0.2) is 102 Å². The first-order valence-corrected chi connectivity index (χ1v) is 16.8. The van der Waals surface area contributed by atoms with E-state index in [4.69, 9.17) is 19.2 Å². The lowest BCUT2D eigenvalue weighted by atomic mass is 10.0. The van der Waals surface area contributed by atoms with Crippen LogP contribution in [-0.4, -0.2) is 55.2 Å². The molecular weight excluding hydrogens is 662 g/mol. The summed E-state index contributed by atoms with van der Waals surface area (Å²) >= 11 is 0. The number of rotatable bonds is 11. The maximum atomic E-state index is 14.5. The number of alkyl carbamates (subject to hydrolysis) is 1. The Balaban J connectivity index is 1.36. The Labute approximate surface area is 300 Å². The molecule has 0 bridgehead atoms. The molecule has 1 amide bonds. The van der Waals surface area contributed by atoms with Crippen molar-refractivity contribution >= 4 is 29.3 Å². The Kier molecular flexibility index (Phi) is 10.1. The van der Waals surface area contributed by atoms with E-state index in [1.807, 2.05) is 60.7 Å². The second-order valence-corrected chi connectivity index (χ2v) is 13.4. The summed E-state index contributed by atoms with van der Waals surface area (Å²) in [5.74, 6) is 0.370. The number of anilines is 2. The van der Waals surface area contributed by atoms with E-state index in [-0.39, 0.29) is 24.0 Å². The molecule has 268 valence electrons. The molecule has 3 N–H and O–H groups in total. The molecule has 0 fully saturated rings. The lowest BCUT2D eigenvalue weighted by Crippen LogP contribution is -2.47. The fraction of sp³-hybridized carbons (Fsp3) is 0.256. The number of hydrogen-bond donors (Lipinski definition) is 3. The van der Waals surface area contributed by atoms with Gasteiger partial charge in [0.25, 0.3) is 5.56 Å². The molecule has 13 nitrogen and oxygen atoms in total. The van der Waals surface area contributed by atoms with E-state index >= 15 is 0 Å². The standard InChI is InChI=1S/C39H41N7O6/c1-24(2)32(41-38(49)52-39(3,4)5)37(48)51-23-45-22-21-29(43-45)40-34-31(26-17-19-28(50-6)20-18-26)36(47)46-35(42-34)30(25-13-9-7-10-14-25)33(44-46)27-15-11-8-12-16-27/h7-22,24,32,44H,23H2,1-6H3,(H,40,43)(H,41,49). The summed E-state index contributed by atoms with van der Waals surface area (Å²) in [7, 11) is 1.58. The monoisotopic (exact) mass is 703 g/mol. The second kappa shape index (κ2) is 14.9. The lowest BCUT2D eigenvalue weighted by Gasteiger charge is -2.24. The Morgan fingerprint density at radius 3 is 2.12 bits per heavy atom. The minimum Gasteiger partial charge on any atom is -0.497 e. The smallest absolute Gasteiger partial charge is 0.408 e.